The van der Waals surface area contributed by atoms with Crippen molar-refractivity contribution in [1.82, 2.24) is 9.97 Å². The average molecular weight is 165 g/mol. The molecule has 2 heterocycles. The lowest BCUT2D eigenvalue weighted by atomic mass is 10.3. The summed E-state index contributed by atoms with van der Waals surface area (Å²) in [5.74, 6) is 0.359. The minimum absolute atomic E-state index is 0.359. The maximum Gasteiger partial charge on any atom is 0.221 e. The van der Waals surface area contributed by atoms with Gasteiger partial charge in [0.1, 0.15) is 4.83 Å². The monoisotopic (exact) mass is 165 g/mol. The average Bonchev–Trinajstić information content (AvgIpc) is 2.34. The fraction of sp³-hybridized carbons (Fsp3) is 0.143. The number of anilines is 1. The van der Waals surface area contributed by atoms with E-state index in [9.17, 15) is 0 Å². The summed E-state index contributed by atoms with van der Waals surface area (Å²) in [5, 5.41) is 3.09. The molecule has 0 aromatic carbocycles. The number of nitrogens with two attached hydrogens (primary N) is 1. The fourth-order valence-corrected chi connectivity index (χ4v) is 1.85. The van der Waals surface area contributed by atoms with Gasteiger partial charge >= 0.3 is 0 Å². The molecule has 2 aromatic heterocycles. The van der Waals surface area contributed by atoms with Crippen LogP contribution in [0.5, 0.6) is 0 Å². The number of rotatable bonds is 0. The van der Waals surface area contributed by atoms with Crippen LogP contribution in [-0.2, 0) is 0 Å². The van der Waals surface area contributed by atoms with Gasteiger partial charge in [-0.2, -0.15) is 0 Å². The topological polar surface area (TPSA) is 51.8 Å². The van der Waals surface area contributed by atoms with E-state index in [0.717, 1.165) is 15.9 Å². The zero-order valence-corrected chi connectivity index (χ0v) is 6.85. The molecule has 2 aromatic rings. The summed E-state index contributed by atoms with van der Waals surface area (Å²) in [6.07, 6.45) is 0. The molecule has 11 heavy (non-hydrogen) atoms. The normalized spacial score (nSPS) is 10.6. The fourth-order valence-electron chi connectivity index (χ4n) is 1.02. The predicted molar refractivity (Wildman–Crippen MR) is 46.6 cm³/mol. The number of hydrogen-bond acceptors (Lipinski definition) is 4. The molecule has 56 valence electrons. The molecule has 0 atom stereocenters. The van der Waals surface area contributed by atoms with Crippen LogP contribution < -0.4 is 5.73 Å². The first-order chi connectivity index (χ1) is 5.27. The highest BCUT2D eigenvalue weighted by atomic mass is 32.1. The van der Waals surface area contributed by atoms with E-state index in [-0.39, 0.29) is 0 Å². The molecule has 2 N–H and O–H groups in total. The first-order valence-electron chi connectivity index (χ1n) is 3.24. The molecule has 0 aliphatic carbocycles. The summed E-state index contributed by atoms with van der Waals surface area (Å²) >= 11 is 1.58. The van der Waals surface area contributed by atoms with E-state index in [4.69, 9.17) is 5.73 Å². The second-order valence-corrected chi connectivity index (χ2v) is 3.20. The van der Waals surface area contributed by atoms with E-state index in [2.05, 4.69) is 9.97 Å². The first kappa shape index (κ1) is 6.54. The third-order valence-corrected chi connectivity index (χ3v) is 2.34. The lowest BCUT2D eigenvalue weighted by molar-refractivity contribution is 1.18. The molecule has 0 aliphatic heterocycles. The summed E-state index contributed by atoms with van der Waals surface area (Å²) in [6.45, 7) is 1.94. The van der Waals surface area contributed by atoms with Crippen molar-refractivity contribution < 1.29 is 0 Å². The Labute approximate surface area is 67.9 Å². The van der Waals surface area contributed by atoms with Gasteiger partial charge in [0.05, 0.1) is 5.69 Å². The number of hydrogen-bond donors (Lipinski definition) is 1. The van der Waals surface area contributed by atoms with Crippen LogP contribution in [0.25, 0.3) is 10.2 Å². The van der Waals surface area contributed by atoms with Crippen molar-refractivity contribution in [2.75, 3.05) is 5.73 Å². The number of nitrogens with zero attached hydrogens (tertiary/aromatic N) is 2. The van der Waals surface area contributed by atoms with Crippen LogP contribution in [0.15, 0.2) is 11.4 Å². The van der Waals surface area contributed by atoms with E-state index in [1.165, 1.54) is 0 Å². The third kappa shape index (κ3) is 0.952. The second-order valence-electron chi connectivity index (χ2n) is 2.31. The van der Waals surface area contributed by atoms with Gasteiger partial charge in [-0.15, -0.1) is 11.3 Å². The van der Waals surface area contributed by atoms with Crippen LogP contribution in [-0.4, -0.2) is 9.97 Å². The molecule has 0 saturated carbocycles. The van der Waals surface area contributed by atoms with Crippen molar-refractivity contribution in [3.05, 3.63) is 17.1 Å². The van der Waals surface area contributed by atoms with Crippen molar-refractivity contribution in [1.29, 1.82) is 0 Å². The summed E-state index contributed by atoms with van der Waals surface area (Å²) in [7, 11) is 0. The van der Waals surface area contributed by atoms with Crippen LogP contribution in [0.4, 0.5) is 5.95 Å². The Morgan fingerprint density at radius 3 is 3.09 bits per heavy atom. The molecule has 4 heteroatoms. The Morgan fingerprint density at radius 1 is 1.45 bits per heavy atom. The molecule has 0 aliphatic rings. The maximum absolute atomic E-state index is 5.47. The van der Waals surface area contributed by atoms with Crippen molar-refractivity contribution in [2.45, 2.75) is 6.92 Å². The van der Waals surface area contributed by atoms with E-state index in [0.29, 0.717) is 5.95 Å². The predicted octanol–water partition coefficient (Wildman–Crippen LogP) is 1.58. The summed E-state index contributed by atoms with van der Waals surface area (Å²) in [6, 6.07) is 2.01. The number of aromatic nitrogens is 2. The van der Waals surface area contributed by atoms with Crippen LogP contribution in [0.3, 0.4) is 0 Å². The zero-order chi connectivity index (χ0) is 7.84. The van der Waals surface area contributed by atoms with Gasteiger partial charge in [0.15, 0.2) is 0 Å². The molecule has 0 fully saturated rings. The number of nitrogen functional groups attached to an aromatic ring is 1. The molecule has 3 nitrogen and oxygen atoms in total. The lowest BCUT2D eigenvalue weighted by Gasteiger charge is -1.95. The van der Waals surface area contributed by atoms with Gasteiger partial charge in [-0.3, -0.25) is 0 Å². The quantitative estimate of drug-likeness (QED) is 0.644. The van der Waals surface area contributed by atoms with Gasteiger partial charge < -0.3 is 5.73 Å². The minimum Gasteiger partial charge on any atom is -0.368 e. The number of fused-ring (bicyclic) bond motifs is 1. The second kappa shape index (κ2) is 2.17. The molecule has 0 radical (unpaired) electrons. The van der Waals surface area contributed by atoms with Crippen LogP contribution >= 0.6 is 11.3 Å². The lowest BCUT2D eigenvalue weighted by Crippen LogP contribution is -1.95. The molecule has 0 saturated heterocycles. The number of aryl methyl sites for hydroxylation is 1. The van der Waals surface area contributed by atoms with Crippen molar-refractivity contribution >= 4 is 27.5 Å². The van der Waals surface area contributed by atoms with E-state index >= 15 is 0 Å². The highest BCUT2D eigenvalue weighted by Gasteiger charge is 2.01. The highest BCUT2D eigenvalue weighted by Crippen LogP contribution is 2.20. The van der Waals surface area contributed by atoms with Crippen LogP contribution in [0.1, 0.15) is 5.69 Å². The Bertz CT molecular complexity index is 393. The highest BCUT2D eigenvalue weighted by molar-refractivity contribution is 7.16. The van der Waals surface area contributed by atoms with E-state index < -0.39 is 0 Å². The van der Waals surface area contributed by atoms with Gasteiger partial charge in [0.2, 0.25) is 5.95 Å². The van der Waals surface area contributed by atoms with Gasteiger partial charge in [-0.1, -0.05) is 0 Å². The van der Waals surface area contributed by atoms with Gasteiger partial charge in [-0.05, 0) is 18.4 Å². The molecule has 0 bridgehead atoms. The number of thiophene rings is 1. The SMILES string of the molecule is Cc1nc(N)nc2sccc12. The van der Waals surface area contributed by atoms with Gasteiger partial charge in [-0.25, -0.2) is 9.97 Å². The Balaban J connectivity index is 2.91. The van der Waals surface area contributed by atoms with Crippen molar-refractivity contribution in [2.24, 2.45) is 0 Å². The first-order valence-corrected chi connectivity index (χ1v) is 4.12. The van der Waals surface area contributed by atoms with Gasteiger partial charge in [0, 0.05) is 5.39 Å². The van der Waals surface area contributed by atoms with Crippen LogP contribution in [0, 0.1) is 6.92 Å². The standard InChI is InChI=1S/C7H7N3S/c1-4-5-2-3-11-6(5)10-7(8)9-4/h2-3H,1H3,(H2,8,9,10). The molecular formula is C7H7N3S. The van der Waals surface area contributed by atoms with Crippen LogP contribution in [0.2, 0.25) is 0 Å². The van der Waals surface area contributed by atoms with E-state index in [1.807, 2.05) is 18.4 Å². The largest absolute Gasteiger partial charge is 0.368 e. The third-order valence-electron chi connectivity index (χ3n) is 1.53. The van der Waals surface area contributed by atoms with Gasteiger partial charge in [0.25, 0.3) is 0 Å². The maximum atomic E-state index is 5.47. The van der Waals surface area contributed by atoms with Crippen molar-refractivity contribution in [3.63, 3.8) is 0 Å². The zero-order valence-electron chi connectivity index (χ0n) is 6.03. The molecule has 0 amide bonds. The molecule has 0 unspecified atom stereocenters. The Morgan fingerprint density at radius 2 is 2.27 bits per heavy atom. The Hall–Kier alpha value is -1.16. The molecule has 0 spiro atoms. The minimum atomic E-state index is 0.359. The molecule has 2 rings (SSSR count). The summed E-state index contributed by atoms with van der Waals surface area (Å²) < 4.78 is 0. The van der Waals surface area contributed by atoms with E-state index in [1.54, 1.807) is 11.3 Å². The summed E-state index contributed by atoms with van der Waals surface area (Å²) in [4.78, 5) is 9.10. The Kier molecular flexibility index (Phi) is 1.29. The smallest absolute Gasteiger partial charge is 0.221 e. The molecular weight excluding hydrogens is 158 g/mol. The van der Waals surface area contributed by atoms with Crippen molar-refractivity contribution in [3.8, 4) is 0 Å². The summed E-state index contributed by atoms with van der Waals surface area (Å²) in [5.41, 5.74) is 6.42.